The van der Waals surface area contributed by atoms with Crippen molar-refractivity contribution in [3.05, 3.63) is 11.6 Å². The Morgan fingerprint density at radius 3 is 2.76 bits per heavy atom. The summed E-state index contributed by atoms with van der Waals surface area (Å²) in [5, 5.41) is 18.2. The van der Waals surface area contributed by atoms with Gasteiger partial charge < -0.3 is 14.9 Å². The summed E-state index contributed by atoms with van der Waals surface area (Å²) in [6, 6.07) is 0. The molecule has 3 heteroatoms. The fourth-order valence-corrected chi connectivity index (χ4v) is 2.49. The van der Waals surface area contributed by atoms with E-state index in [1.165, 1.54) is 5.57 Å². The maximum Gasteiger partial charge on any atom is 0.100 e. The predicted molar refractivity (Wildman–Crippen MR) is 68.8 cm³/mol. The molecule has 0 saturated heterocycles. The minimum atomic E-state index is -0.754. The molecule has 100 valence electrons. The molecular weight excluding hydrogens is 216 g/mol. The third-order valence-corrected chi connectivity index (χ3v) is 3.56. The van der Waals surface area contributed by atoms with Gasteiger partial charge in [0.1, 0.15) is 6.10 Å². The van der Waals surface area contributed by atoms with Gasteiger partial charge in [0.05, 0.1) is 19.3 Å². The molecule has 0 heterocycles. The van der Waals surface area contributed by atoms with Gasteiger partial charge in [0.15, 0.2) is 0 Å². The van der Waals surface area contributed by atoms with E-state index < -0.39 is 6.10 Å². The van der Waals surface area contributed by atoms with Gasteiger partial charge in [0.25, 0.3) is 0 Å². The zero-order chi connectivity index (χ0) is 12.8. The molecule has 0 bridgehead atoms. The quantitative estimate of drug-likeness (QED) is 0.726. The number of aliphatic hydroxyl groups is 2. The highest BCUT2D eigenvalue weighted by atomic mass is 16.5. The normalized spacial score (nSPS) is 27.8. The topological polar surface area (TPSA) is 49.7 Å². The van der Waals surface area contributed by atoms with E-state index in [2.05, 4.69) is 26.8 Å². The fourth-order valence-electron chi connectivity index (χ4n) is 2.49. The van der Waals surface area contributed by atoms with Crippen molar-refractivity contribution in [1.29, 1.82) is 0 Å². The van der Waals surface area contributed by atoms with Crippen LogP contribution in [0.2, 0.25) is 0 Å². The van der Waals surface area contributed by atoms with E-state index in [-0.39, 0.29) is 19.3 Å². The molecule has 0 aliphatic heterocycles. The smallest absolute Gasteiger partial charge is 0.100 e. The van der Waals surface area contributed by atoms with Gasteiger partial charge in [0.2, 0.25) is 0 Å². The lowest BCUT2D eigenvalue weighted by Gasteiger charge is -2.29. The van der Waals surface area contributed by atoms with Crippen molar-refractivity contribution in [2.75, 3.05) is 13.2 Å². The van der Waals surface area contributed by atoms with Gasteiger partial charge in [-0.25, -0.2) is 0 Å². The summed E-state index contributed by atoms with van der Waals surface area (Å²) in [4.78, 5) is 0. The number of ether oxygens (including phenoxy) is 1. The van der Waals surface area contributed by atoms with Crippen molar-refractivity contribution in [2.24, 2.45) is 11.8 Å². The lowest BCUT2D eigenvalue weighted by molar-refractivity contribution is -0.0565. The van der Waals surface area contributed by atoms with Crippen molar-refractivity contribution in [3.8, 4) is 0 Å². The van der Waals surface area contributed by atoms with E-state index in [1.54, 1.807) is 0 Å². The Kier molecular flexibility index (Phi) is 6.17. The van der Waals surface area contributed by atoms with Crippen molar-refractivity contribution < 1.29 is 14.9 Å². The van der Waals surface area contributed by atoms with Crippen LogP contribution in [-0.4, -0.2) is 35.6 Å². The lowest BCUT2D eigenvalue weighted by Crippen LogP contribution is -2.31. The molecule has 1 rings (SSSR count). The molecule has 0 spiro atoms. The second-order valence-corrected chi connectivity index (χ2v) is 5.45. The summed E-state index contributed by atoms with van der Waals surface area (Å²) >= 11 is 0. The summed E-state index contributed by atoms with van der Waals surface area (Å²) in [6.45, 7) is 6.60. The van der Waals surface area contributed by atoms with E-state index in [4.69, 9.17) is 9.84 Å². The highest BCUT2D eigenvalue weighted by Crippen LogP contribution is 2.31. The number of aliphatic hydroxyl groups excluding tert-OH is 2. The first-order valence-electron chi connectivity index (χ1n) is 6.60. The summed E-state index contributed by atoms with van der Waals surface area (Å²) in [7, 11) is 0. The van der Waals surface area contributed by atoms with Crippen LogP contribution in [-0.2, 0) is 4.74 Å². The fraction of sp³-hybridized carbons (Fsp3) is 0.857. The molecule has 0 aromatic carbocycles. The Morgan fingerprint density at radius 1 is 1.47 bits per heavy atom. The molecule has 0 saturated carbocycles. The number of hydrogen-bond donors (Lipinski definition) is 2. The molecule has 2 N–H and O–H groups in total. The van der Waals surface area contributed by atoms with Gasteiger partial charge >= 0.3 is 0 Å². The van der Waals surface area contributed by atoms with Crippen LogP contribution in [0.25, 0.3) is 0 Å². The number of rotatable bonds is 5. The summed E-state index contributed by atoms with van der Waals surface area (Å²) in [6.07, 6.45) is 4.93. The first kappa shape index (κ1) is 14.7. The second-order valence-electron chi connectivity index (χ2n) is 5.45. The molecule has 0 radical (unpaired) electrons. The van der Waals surface area contributed by atoms with E-state index in [1.807, 2.05) is 0 Å². The molecule has 0 aromatic heterocycles. The van der Waals surface area contributed by atoms with Gasteiger partial charge in [-0.2, -0.15) is 0 Å². The molecule has 3 atom stereocenters. The molecule has 3 nitrogen and oxygen atoms in total. The first-order chi connectivity index (χ1) is 8.04. The summed E-state index contributed by atoms with van der Waals surface area (Å²) in [5.74, 6) is 1.13. The molecule has 0 unspecified atom stereocenters. The Labute approximate surface area is 104 Å². The van der Waals surface area contributed by atoms with Gasteiger partial charge in [-0.15, -0.1) is 0 Å². The highest BCUT2D eigenvalue weighted by molar-refractivity contribution is 5.04. The minimum Gasteiger partial charge on any atom is -0.394 e. The van der Waals surface area contributed by atoms with Crippen LogP contribution in [0.15, 0.2) is 11.6 Å². The van der Waals surface area contributed by atoms with Crippen molar-refractivity contribution in [3.63, 3.8) is 0 Å². The highest BCUT2D eigenvalue weighted by Gasteiger charge is 2.27. The zero-order valence-electron chi connectivity index (χ0n) is 11.2. The Balaban J connectivity index is 2.57. The van der Waals surface area contributed by atoms with E-state index in [9.17, 15) is 5.11 Å². The zero-order valence-corrected chi connectivity index (χ0v) is 11.2. The largest absolute Gasteiger partial charge is 0.394 e. The van der Waals surface area contributed by atoms with E-state index >= 15 is 0 Å². The van der Waals surface area contributed by atoms with Crippen LogP contribution in [0.4, 0.5) is 0 Å². The van der Waals surface area contributed by atoms with Crippen molar-refractivity contribution >= 4 is 0 Å². The third kappa shape index (κ3) is 4.78. The minimum absolute atomic E-state index is 0.176. The Morgan fingerprint density at radius 2 is 2.18 bits per heavy atom. The Hall–Kier alpha value is -0.380. The monoisotopic (exact) mass is 242 g/mol. The molecule has 17 heavy (non-hydrogen) atoms. The molecule has 0 amide bonds. The maximum atomic E-state index is 9.36. The summed E-state index contributed by atoms with van der Waals surface area (Å²) < 4.78 is 5.81. The van der Waals surface area contributed by atoms with Crippen LogP contribution in [0, 0.1) is 11.8 Å². The second kappa shape index (κ2) is 7.14. The standard InChI is InChI=1S/C14H26O3/c1-10(2)13-6-4-5-11(3)7-14(13)17-9-12(16)8-15/h5,10,12-16H,4,6-9H2,1-3H3/t12-,13-,14+/m0/s1. The van der Waals surface area contributed by atoms with Crippen LogP contribution < -0.4 is 0 Å². The van der Waals surface area contributed by atoms with Crippen LogP contribution in [0.1, 0.15) is 40.0 Å². The molecule has 0 fully saturated rings. The van der Waals surface area contributed by atoms with Crippen molar-refractivity contribution in [2.45, 2.75) is 52.2 Å². The van der Waals surface area contributed by atoms with Gasteiger partial charge in [0, 0.05) is 0 Å². The van der Waals surface area contributed by atoms with Crippen molar-refractivity contribution in [1.82, 2.24) is 0 Å². The SMILES string of the molecule is CC1=CCC[C@@H](C(C)C)[C@H](OC[C@@H](O)CO)C1. The first-order valence-corrected chi connectivity index (χ1v) is 6.60. The van der Waals surface area contributed by atoms with Crippen LogP contribution in [0.3, 0.4) is 0 Å². The average Bonchev–Trinajstić information content (AvgIpc) is 2.47. The molecular formula is C14H26O3. The maximum absolute atomic E-state index is 9.36. The van der Waals surface area contributed by atoms with Gasteiger partial charge in [-0.05, 0) is 38.0 Å². The third-order valence-electron chi connectivity index (χ3n) is 3.56. The molecule has 1 aliphatic rings. The van der Waals surface area contributed by atoms with Crippen LogP contribution in [0.5, 0.6) is 0 Å². The van der Waals surface area contributed by atoms with E-state index in [0.717, 1.165) is 19.3 Å². The predicted octanol–water partition coefficient (Wildman–Crippen LogP) is 2.13. The molecule has 1 aliphatic carbocycles. The van der Waals surface area contributed by atoms with Crippen LogP contribution >= 0.6 is 0 Å². The summed E-state index contributed by atoms with van der Waals surface area (Å²) in [5.41, 5.74) is 1.37. The average molecular weight is 242 g/mol. The Bertz CT molecular complexity index is 248. The number of hydrogen-bond acceptors (Lipinski definition) is 3. The van der Waals surface area contributed by atoms with Gasteiger partial charge in [-0.3, -0.25) is 0 Å². The van der Waals surface area contributed by atoms with E-state index in [0.29, 0.717) is 11.8 Å². The molecule has 0 aromatic rings. The van der Waals surface area contributed by atoms with Gasteiger partial charge in [-0.1, -0.05) is 25.5 Å². The number of allylic oxidation sites excluding steroid dienone is 1. The lowest BCUT2D eigenvalue weighted by atomic mass is 9.86.